The lowest BCUT2D eigenvalue weighted by Crippen LogP contribution is -2.52. The van der Waals surface area contributed by atoms with Crippen LogP contribution >= 0.6 is 11.6 Å². The van der Waals surface area contributed by atoms with Gasteiger partial charge in [-0.05, 0) is 98.6 Å². The lowest BCUT2D eigenvalue weighted by molar-refractivity contribution is -0.139. The van der Waals surface area contributed by atoms with Crippen LogP contribution in [0.25, 0.3) is 21.7 Å². The summed E-state index contributed by atoms with van der Waals surface area (Å²) >= 11 is 6.56. The standard InChI is InChI=1S/C57H69ClN14O11/c1-69-25-27-70(28-26-69)57(82)83-46-31-45-50(40-8-3-2-7-39(40)46)36(32-58)33-72(45)54(79)44-30-35-29-38(16-17-41(35)67-44)66-51(76)34-12-14-37(15-13-34)65-53(78)43(10-5-21-64-56(60)81)68-52(77)42(9-4-20-63-55(59)80)61-22-23-62-47(73)11-6-24-71-48(74)18-19-49(71)75/h2-3,7-8,12-17,29-31,36,42-43,61,67H,4-6,9-11,18-28,32-33H2,1H3,(H,62,73)(H,65,78)(H,66,76)(H,68,77)(H3,59,63,80)(H3,60,64,81)/t36-,42+,43+/m1/s1. The molecule has 0 saturated carbocycles. The Bertz CT molecular complexity index is 3240. The number of benzene rings is 4. The molecular formula is C57H69ClN14O11. The Morgan fingerprint density at radius 3 is 2.06 bits per heavy atom. The normalized spacial score (nSPS) is 15.8. The molecule has 1 aromatic heterocycles. The van der Waals surface area contributed by atoms with E-state index in [1.807, 2.05) is 31.3 Å². The van der Waals surface area contributed by atoms with Crippen LogP contribution in [0.4, 0.5) is 31.4 Å². The first kappa shape index (κ1) is 60.3. The maximum Gasteiger partial charge on any atom is 0.415 e. The van der Waals surface area contributed by atoms with Gasteiger partial charge in [0.1, 0.15) is 17.5 Å². The van der Waals surface area contributed by atoms with Crippen molar-refractivity contribution in [1.82, 2.24) is 46.3 Å². The number of hydrogen-bond acceptors (Lipinski definition) is 13. The Morgan fingerprint density at radius 2 is 1.39 bits per heavy atom. The summed E-state index contributed by atoms with van der Waals surface area (Å²) in [5.74, 6) is -2.36. The minimum atomic E-state index is -1.12. The van der Waals surface area contributed by atoms with Gasteiger partial charge >= 0.3 is 18.2 Å². The number of aromatic amines is 1. The second kappa shape index (κ2) is 28.3. The molecule has 12 N–H and O–H groups in total. The van der Waals surface area contributed by atoms with Crippen molar-refractivity contribution in [2.24, 2.45) is 11.5 Å². The lowest BCUT2D eigenvalue weighted by Gasteiger charge is -2.31. The van der Waals surface area contributed by atoms with Crippen molar-refractivity contribution in [3.05, 3.63) is 95.7 Å². The van der Waals surface area contributed by atoms with Gasteiger partial charge in [-0.1, -0.05) is 24.3 Å². The molecule has 3 atom stereocenters. The molecule has 25 nitrogen and oxygen atoms in total. The predicted molar refractivity (Wildman–Crippen MR) is 311 cm³/mol. The molecule has 26 heteroatoms. The van der Waals surface area contributed by atoms with Crippen LogP contribution in [0, 0.1) is 0 Å². The number of urea groups is 2. The quantitative estimate of drug-likeness (QED) is 0.0227. The van der Waals surface area contributed by atoms with E-state index in [1.54, 1.807) is 40.1 Å². The molecule has 3 aliphatic heterocycles. The molecule has 2 saturated heterocycles. The van der Waals surface area contributed by atoms with Gasteiger partial charge in [-0.3, -0.25) is 38.5 Å². The number of ether oxygens (including phenoxy) is 1. The molecule has 83 heavy (non-hydrogen) atoms. The number of amides is 12. The number of halogens is 1. The zero-order valence-electron chi connectivity index (χ0n) is 46.0. The van der Waals surface area contributed by atoms with Crippen molar-refractivity contribution in [1.29, 1.82) is 0 Å². The smallest absolute Gasteiger partial charge is 0.409 e. The summed E-state index contributed by atoms with van der Waals surface area (Å²) in [7, 11) is 2.00. The van der Waals surface area contributed by atoms with E-state index in [0.29, 0.717) is 71.9 Å². The maximum absolute atomic E-state index is 14.5. The summed E-state index contributed by atoms with van der Waals surface area (Å²) in [4.78, 5) is 138. The molecule has 0 aliphatic carbocycles. The number of likely N-dealkylation sites (tertiary alicyclic amines) is 1. The predicted octanol–water partition coefficient (Wildman–Crippen LogP) is 3.63. The summed E-state index contributed by atoms with van der Waals surface area (Å²) in [5.41, 5.74) is 13.9. The van der Waals surface area contributed by atoms with Crippen molar-refractivity contribution in [2.45, 2.75) is 69.4 Å². The number of anilines is 3. The third-order valence-corrected chi connectivity index (χ3v) is 15.1. The number of carbonyl (C=O) groups excluding carboxylic acids is 10. The third-order valence-electron chi connectivity index (χ3n) is 14.7. The number of fused-ring (bicyclic) bond motifs is 4. The van der Waals surface area contributed by atoms with Crippen LogP contribution in [0.15, 0.2) is 78.9 Å². The highest BCUT2D eigenvalue weighted by molar-refractivity contribution is 6.19. The van der Waals surface area contributed by atoms with Crippen molar-refractivity contribution in [3.8, 4) is 5.75 Å². The first-order valence-electron chi connectivity index (χ1n) is 27.6. The summed E-state index contributed by atoms with van der Waals surface area (Å²) in [6.45, 7) is 3.51. The van der Waals surface area contributed by atoms with Gasteiger partial charge in [0.05, 0.1) is 11.7 Å². The minimum absolute atomic E-state index is 0.0737. The number of imide groups is 1. The van der Waals surface area contributed by atoms with Crippen LogP contribution in [-0.2, 0) is 24.0 Å². The van der Waals surface area contributed by atoms with E-state index in [-0.39, 0.29) is 112 Å². The Kier molecular flexibility index (Phi) is 20.5. The highest BCUT2D eigenvalue weighted by Crippen LogP contribution is 2.46. The molecular weight excluding hydrogens is 1090 g/mol. The van der Waals surface area contributed by atoms with Crippen LogP contribution in [0.5, 0.6) is 5.75 Å². The number of likely N-dealkylation sites (N-methyl/N-ethyl adjacent to an activating group) is 1. The monoisotopic (exact) mass is 1160 g/mol. The molecule has 0 bridgehead atoms. The molecule has 440 valence electrons. The van der Waals surface area contributed by atoms with Gasteiger partial charge in [0.2, 0.25) is 29.5 Å². The number of alkyl halides is 1. The largest absolute Gasteiger partial charge is 0.415 e. The Hall–Kier alpha value is -8.81. The topological polar surface area (TPSA) is 345 Å². The number of rotatable bonds is 25. The Balaban J connectivity index is 0.883. The Labute approximate surface area is 483 Å². The molecule has 0 unspecified atom stereocenters. The lowest BCUT2D eigenvalue weighted by atomic mass is 9.95. The van der Waals surface area contributed by atoms with E-state index in [1.165, 1.54) is 24.3 Å². The van der Waals surface area contributed by atoms with Gasteiger partial charge < -0.3 is 73.1 Å². The second-order valence-corrected chi connectivity index (χ2v) is 20.9. The van der Waals surface area contributed by atoms with E-state index in [9.17, 15) is 47.9 Å². The Morgan fingerprint density at radius 1 is 0.723 bits per heavy atom. The van der Waals surface area contributed by atoms with Gasteiger partial charge in [-0.25, -0.2) is 14.4 Å². The fourth-order valence-electron chi connectivity index (χ4n) is 10.3. The molecule has 0 spiro atoms. The third kappa shape index (κ3) is 15.8. The zero-order chi connectivity index (χ0) is 59.2. The molecule has 12 amide bonds. The van der Waals surface area contributed by atoms with Crippen LogP contribution in [0.3, 0.4) is 0 Å². The number of primary amides is 2. The van der Waals surface area contributed by atoms with Gasteiger partial charge in [0.25, 0.3) is 11.8 Å². The molecule has 2 fully saturated rings. The first-order chi connectivity index (χ1) is 40.0. The summed E-state index contributed by atoms with van der Waals surface area (Å²) in [6.07, 6.45) is 1.09. The number of hydrogen-bond donors (Lipinski definition) is 10. The average Bonchev–Trinajstić information content (AvgIpc) is 3.12. The number of nitrogens with one attached hydrogen (secondary N) is 8. The van der Waals surface area contributed by atoms with Crippen molar-refractivity contribution < 1.29 is 52.7 Å². The van der Waals surface area contributed by atoms with E-state index < -0.39 is 48.0 Å². The molecule has 4 heterocycles. The fourth-order valence-corrected chi connectivity index (χ4v) is 10.5. The van der Waals surface area contributed by atoms with Crippen LogP contribution in [-0.4, -0.2) is 170 Å². The second-order valence-electron chi connectivity index (χ2n) is 20.6. The fraction of sp³-hybridized carbons (Fsp3) is 0.404. The van der Waals surface area contributed by atoms with E-state index in [2.05, 4.69) is 47.1 Å². The van der Waals surface area contributed by atoms with Crippen LogP contribution in [0.1, 0.15) is 83.7 Å². The summed E-state index contributed by atoms with van der Waals surface area (Å²) < 4.78 is 6.06. The van der Waals surface area contributed by atoms with Crippen molar-refractivity contribution >= 4 is 110 Å². The van der Waals surface area contributed by atoms with Crippen LogP contribution in [0.2, 0.25) is 0 Å². The van der Waals surface area contributed by atoms with E-state index in [0.717, 1.165) is 34.3 Å². The van der Waals surface area contributed by atoms with E-state index >= 15 is 0 Å². The molecule has 0 radical (unpaired) electrons. The number of aromatic nitrogens is 1. The van der Waals surface area contributed by atoms with Crippen molar-refractivity contribution in [3.63, 3.8) is 0 Å². The van der Waals surface area contributed by atoms with Gasteiger partial charge in [0, 0.05) is 136 Å². The van der Waals surface area contributed by atoms with Gasteiger partial charge in [-0.2, -0.15) is 0 Å². The number of piperazine rings is 1. The number of H-pyrrole nitrogens is 1. The van der Waals surface area contributed by atoms with Crippen LogP contribution < -0.4 is 58.3 Å². The zero-order valence-corrected chi connectivity index (χ0v) is 46.7. The van der Waals surface area contributed by atoms with Gasteiger partial charge in [0.15, 0.2) is 0 Å². The SMILES string of the molecule is CN1CCN(C(=O)Oc2cc3c(c4ccccc24)[C@H](CCl)CN3C(=O)c2cc3cc(NC(=O)c4ccc(NC(=O)[C@H](CCCNC(N)=O)NC(=O)[C@H](CCCNC(N)=O)NCCNC(=O)CCCN5C(=O)CCC5=O)cc4)ccc3[nH]2)CC1. The number of nitrogens with two attached hydrogens (primary N) is 2. The first-order valence-corrected chi connectivity index (χ1v) is 28.1. The van der Waals surface area contributed by atoms with E-state index in [4.69, 9.17) is 27.8 Å². The van der Waals surface area contributed by atoms with Crippen molar-refractivity contribution in [2.75, 3.05) is 93.9 Å². The number of nitrogens with zero attached hydrogens (tertiary/aromatic N) is 4. The average molecular weight is 1160 g/mol. The summed E-state index contributed by atoms with van der Waals surface area (Å²) in [5, 5.41) is 21.5. The highest BCUT2D eigenvalue weighted by atomic mass is 35.5. The molecule has 8 rings (SSSR count). The van der Waals surface area contributed by atoms with Gasteiger partial charge in [-0.15, -0.1) is 11.6 Å². The molecule has 3 aliphatic rings. The number of carbonyl (C=O) groups is 10. The summed E-state index contributed by atoms with van der Waals surface area (Å²) in [6, 6.07) is 18.8. The highest BCUT2D eigenvalue weighted by Gasteiger charge is 2.37. The maximum atomic E-state index is 14.5. The minimum Gasteiger partial charge on any atom is -0.409 e. The molecule has 5 aromatic rings. The molecule has 4 aromatic carbocycles.